The number of rotatable bonds is 6. The average molecular weight is 249 g/mol. The lowest BCUT2D eigenvalue weighted by molar-refractivity contribution is 0.397. The van der Waals surface area contributed by atoms with Crippen LogP contribution in [0, 0.1) is 11.8 Å². The molecule has 0 spiro atoms. The Morgan fingerprint density at radius 3 is 2.76 bits per heavy atom. The van der Waals surface area contributed by atoms with E-state index in [0.717, 1.165) is 18.4 Å². The molecule has 17 heavy (non-hydrogen) atoms. The molecule has 2 atom stereocenters. The average Bonchev–Trinajstić information content (AvgIpc) is 2.76. The Balaban J connectivity index is 1.55. The topological polar surface area (TPSA) is 12.0 Å². The number of hydrogen-bond donors (Lipinski definition) is 1. The molecule has 0 saturated heterocycles. The molecule has 0 amide bonds. The van der Waals surface area contributed by atoms with Crippen molar-refractivity contribution in [3.63, 3.8) is 0 Å². The maximum absolute atomic E-state index is 3.61. The van der Waals surface area contributed by atoms with Crippen LogP contribution in [0.5, 0.6) is 0 Å². The van der Waals surface area contributed by atoms with Crippen molar-refractivity contribution >= 4 is 11.8 Å². The molecule has 2 heteroatoms. The first-order valence-corrected chi connectivity index (χ1v) is 7.73. The molecule has 1 aromatic carbocycles. The summed E-state index contributed by atoms with van der Waals surface area (Å²) in [7, 11) is 0. The Kier molecular flexibility index (Phi) is 5.40. The molecule has 1 nitrogen and oxygen atoms in total. The van der Waals surface area contributed by atoms with E-state index in [-0.39, 0.29) is 0 Å². The molecule has 0 bridgehead atoms. The summed E-state index contributed by atoms with van der Waals surface area (Å²) in [5.41, 5.74) is 0. The molecule has 2 rings (SSSR count). The van der Waals surface area contributed by atoms with Gasteiger partial charge < -0.3 is 5.32 Å². The van der Waals surface area contributed by atoms with Crippen LogP contribution < -0.4 is 5.32 Å². The summed E-state index contributed by atoms with van der Waals surface area (Å²) in [6.45, 7) is 4.75. The lowest BCUT2D eigenvalue weighted by Gasteiger charge is -2.15. The van der Waals surface area contributed by atoms with Crippen molar-refractivity contribution < 1.29 is 0 Å². The maximum atomic E-state index is 3.61. The summed E-state index contributed by atoms with van der Waals surface area (Å²) < 4.78 is 0. The van der Waals surface area contributed by atoms with Gasteiger partial charge in [0.25, 0.3) is 0 Å². The van der Waals surface area contributed by atoms with Gasteiger partial charge in [0, 0.05) is 17.2 Å². The van der Waals surface area contributed by atoms with Crippen LogP contribution >= 0.6 is 11.8 Å². The highest BCUT2D eigenvalue weighted by Gasteiger charge is 2.22. The van der Waals surface area contributed by atoms with Crippen molar-refractivity contribution in [2.75, 3.05) is 18.8 Å². The minimum absolute atomic E-state index is 0.928. The Morgan fingerprint density at radius 1 is 1.24 bits per heavy atom. The van der Waals surface area contributed by atoms with E-state index in [1.54, 1.807) is 0 Å². The lowest BCUT2D eigenvalue weighted by atomic mass is 9.98. The van der Waals surface area contributed by atoms with Gasteiger partial charge in [-0.15, -0.1) is 11.8 Å². The third kappa shape index (κ3) is 4.36. The zero-order valence-electron chi connectivity index (χ0n) is 10.7. The van der Waals surface area contributed by atoms with E-state index in [0.29, 0.717) is 0 Å². The fourth-order valence-electron chi connectivity index (χ4n) is 2.57. The number of nitrogens with one attached hydrogen (secondary N) is 1. The zero-order valence-corrected chi connectivity index (χ0v) is 11.5. The van der Waals surface area contributed by atoms with Crippen LogP contribution in [0.1, 0.15) is 26.2 Å². The monoisotopic (exact) mass is 249 g/mol. The first kappa shape index (κ1) is 13.0. The van der Waals surface area contributed by atoms with Gasteiger partial charge in [0.15, 0.2) is 0 Å². The Labute approximate surface area is 109 Å². The van der Waals surface area contributed by atoms with E-state index in [2.05, 4.69) is 42.6 Å². The SMILES string of the molecule is CC1CCCC1CNCCSc1ccccc1. The molecule has 0 aliphatic heterocycles. The Bertz CT molecular complexity index is 312. The third-order valence-corrected chi connectivity index (χ3v) is 4.75. The van der Waals surface area contributed by atoms with E-state index in [1.807, 2.05) is 11.8 Å². The van der Waals surface area contributed by atoms with E-state index in [9.17, 15) is 0 Å². The molecule has 0 radical (unpaired) electrons. The molecule has 1 aliphatic rings. The van der Waals surface area contributed by atoms with Gasteiger partial charge in [-0.05, 0) is 36.9 Å². The lowest BCUT2D eigenvalue weighted by Crippen LogP contribution is -2.26. The van der Waals surface area contributed by atoms with Crippen LogP contribution in [-0.2, 0) is 0 Å². The minimum Gasteiger partial charge on any atom is -0.316 e. The largest absolute Gasteiger partial charge is 0.316 e. The van der Waals surface area contributed by atoms with Crippen molar-refractivity contribution in [1.29, 1.82) is 0 Å². The van der Waals surface area contributed by atoms with Gasteiger partial charge in [0.1, 0.15) is 0 Å². The molecule has 1 N–H and O–H groups in total. The molecular formula is C15H23NS. The van der Waals surface area contributed by atoms with E-state index >= 15 is 0 Å². The first-order valence-electron chi connectivity index (χ1n) is 6.75. The number of thioether (sulfide) groups is 1. The molecule has 2 unspecified atom stereocenters. The highest BCUT2D eigenvalue weighted by Crippen LogP contribution is 2.30. The van der Waals surface area contributed by atoms with Gasteiger partial charge >= 0.3 is 0 Å². The maximum Gasteiger partial charge on any atom is 0.0106 e. The van der Waals surface area contributed by atoms with Gasteiger partial charge in [0.05, 0.1) is 0 Å². The summed E-state index contributed by atoms with van der Waals surface area (Å²) in [6.07, 6.45) is 4.30. The van der Waals surface area contributed by atoms with Crippen LogP contribution in [0.4, 0.5) is 0 Å². The molecule has 0 heterocycles. The third-order valence-electron chi connectivity index (χ3n) is 3.74. The Hall–Kier alpha value is -0.470. The van der Waals surface area contributed by atoms with Crippen molar-refractivity contribution in [3.8, 4) is 0 Å². The highest BCUT2D eigenvalue weighted by atomic mass is 32.2. The summed E-state index contributed by atoms with van der Waals surface area (Å²) in [4.78, 5) is 1.38. The second kappa shape index (κ2) is 7.07. The molecule has 1 saturated carbocycles. The molecule has 1 fully saturated rings. The fourth-order valence-corrected chi connectivity index (χ4v) is 3.40. The van der Waals surface area contributed by atoms with Crippen LogP contribution in [0.3, 0.4) is 0 Å². The minimum atomic E-state index is 0.928. The fraction of sp³-hybridized carbons (Fsp3) is 0.600. The first-order chi connectivity index (χ1) is 8.36. The molecule has 0 aromatic heterocycles. The van der Waals surface area contributed by atoms with E-state index in [4.69, 9.17) is 0 Å². The normalized spacial score (nSPS) is 24.1. The second-order valence-electron chi connectivity index (χ2n) is 5.03. The highest BCUT2D eigenvalue weighted by molar-refractivity contribution is 7.99. The van der Waals surface area contributed by atoms with Gasteiger partial charge in [-0.1, -0.05) is 38.0 Å². The van der Waals surface area contributed by atoms with Crippen LogP contribution in [0.25, 0.3) is 0 Å². The summed E-state index contributed by atoms with van der Waals surface area (Å²) in [5.74, 6) is 3.03. The molecule has 1 aliphatic carbocycles. The van der Waals surface area contributed by atoms with Gasteiger partial charge in [-0.25, -0.2) is 0 Å². The van der Waals surface area contributed by atoms with Crippen LogP contribution in [-0.4, -0.2) is 18.8 Å². The van der Waals surface area contributed by atoms with Gasteiger partial charge in [0.2, 0.25) is 0 Å². The molecular weight excluding hydrogens is 226 g/mol. The Morgan fingerprint density at radius 2 is 2.06 bits per heavy atom. The molecule has 94 valence electrons. The summed E-state index contributed by atoms with van der Waals surface area (Å²) in [6, 6.07) is 10.7. The van der Waals surface area contributed by atoms with Crippen LogP contribution in [0.15, 0.2) is 35.2 Å². The van der Waals surface area contributed by atoms with Gasteiger partial charge in [-0.3, -0.25) is 0 Å². The zero-order chi connectivity index (χ0) is 11.9. The number of benzene rings is 1. The molecule has 1 aromatic rings. The predicted molar refractivity (Wildman–Crippen MR) is 76.5 cm³/mol. The van der Waals surface area contributed by atoms with Crippen molar-refractivity contribution in [2.24, 2.45) is 11.8 Å². The van der Waals surface area contributed by atoms with Crippen molar-refractivity contribution in [3.05, 3.63) is 30.3 Å². The number of hydrogen-bond acceptors (Lipinski definition) is 2. The summed E-state index contributed by atoms with van der Waals surface area (Å²) >= 11 is 1.94. The standard InChI is InChI=1S/C15H23NS/c1-13-6-5-7-14(13)12-16-10-11-17-15-8-3-2-4-9-15/h2-4,8-9,13-14,16H,5-7,10-12H2,1H3. The van der Waals surface area contributed by atoms with E-state index < -0.39 is 0 Å². The van der Waals surface area contributed by atoms with Crippen molar-refractivity contribution in [1.82, 2.24) is 5.32 Å². The van der Waals surface area contributed by atoms with Crippen LogP contribution in [0.2, 0.25) is 0 Å². The van der Waals surface area contributed by atoms with Gasteiger partial charge in [-0.2, -0.15) is 0 Å². The van der Waals surface area contributed by atoms with Crippen molar-refractivity contribution in [2.45, 2.75) is 31.1 Å². The van der Waals surface area contributed by atoms with E-state index in [1.165, 1.54) is 36.5 Å². The second-order valence-corrected chi connectivity index (χ2v) is 6.20. The summed E-state index contributed by atoms with van der Waals surface area (Å²) in [5, 5.41) is 3.61. The predicted octanol–water partition coefficient (Wildman–Crippen LogP) is 3.80. The quantitative estimate of drug-likeness (QED) is 0.608. The smallest absolute Gasteiger partial charge is 0.0106 e.